The average Bonchev–Trinajstić information content (AvgIpc) is 1.72. The van der Waals surface area contributed by atoms with Crippen molar-refractivity contribution in [2.24, 2.45) is 76.4 Å². The summed E-state index contributed by atoms with van der Waals surface area (Å²) in [6.45, 7) is 38.4. The molecule has 2 bridgehead atoms. The Labute approximate surface area is 702 Å². The van der Waals surface area contributed by atoms with E-state index in [1.807, 2.05) is 0 Å². The molecule has 8 aliphatic carbocycles. The van der Waals surface area contributed by atoms with Crippen molar-refractivity contribution in [1.82, 2.24) is 0 Å². The lowest BCUT2D eigenvalue weighted by Crippen LogP contribution is -2.46. The molecule has 4 nitrogen and oxygen atoms in total. The summed E-state index contributed by atoms with van der Waals surface area (Å²) in [7, 11) is 0. The second-order valence-electron chi connectivity index (χ2n) is 39.5. The summed E-state index contributed by atoms with van der Waals surface area (Å²) >= 11 is 0. The molecule has 5 aromatic rings. The number of rotatable bonds is 42. The number of allylic oxidation sites excluding steroid dienone is 14. The Morgan fingerprint density at radius 1 is 0.603 bits per heavy atom. The first-order valence-electron chi connectivity index (χ1n) is 46.7. The Morgan fingerprint density at radius 3 is 2.03 bits per heavy atom. The number of unbranched alkanes of at least 4 members (excludes halogenated alkanes) is 4. The highest BCUT2D eigenvalue weighted by Gasteiger charge is 2.50. The summed E-state index contributed by atoms with van der Waals surface area (Å²) in [4.78, 5) is 54.7. The number of benzene rings is 5. The maximum atomic E-state index is 14.4. The number of hydrogen-bond donors (Lipinski definition) is 0. The van der Waals surface area contributed by atoms with Gasteiger partial charge in [-0.2, -0.15) is 0 Å². The van der Waals surface area contributed by atoms with Crippen LogP contribution in [-0.4, -0.2) is 23.1 Å². The van der Waals surface area contributed by atoms with Crippen LogP contribution in [0.15, 0.2) is 211 Å². The molecule has 616 valence electrons. The molecule has 0 spiro atoms. The lowest BCUT2D eigenvalue weighted by atomic mass is 9.60. The van der Waals surface area contributed by atoms with Crippen molar-refractivity contribution in [3.63, 3.8) is 0 Å². The van der Waals surface area contributed by atoms with Gasteiger partial charge in [0.15, 0.2) is 0 Å². The van der Waals surface area contributed by atoms with Crippen LogP contribution >= 0.6 is 0 Å². The second kappa shape index (κ2) is 40.0. The minimum Gasteiger partial charge on any atom is -0.300 e. The predicted molar refractivity (Wildman–Crippen MR) is 489 cm³/mol. The minimum absolute atomic E-state index is 0.0233. The quantitative estimate of drug-likeness (QED) is 0.0222. The first-order valence-corrected chi connectivity index (χ1v) is 46.7. The van der Waals surface area contributed by atoms with Gasteiger partial charge in [-0.1, -0.05) is 279 Å². The molecule has 8 aliphatic rings. The Hall–Kier alpha value is -7.56. The molecule has 5 unspecified atom stereocenters. The fourth-order valence-corrected chi connectivity index (χ4v) is 23.7. The zero-order chi connectivity index (χ0) is 81.7. The van der Waals surface area contributed by atoms with Crippen molar-refractivity contribution in [3.05, 3.63) is 267 Å². The van der Waals surface area contributed by atoms with E-state index in [1.54, 1.807) is 23.6 Å². The standard InChI is InChI=1S/C112H144O4/c1-73(2)110(84(13)104-62-75(4)63-106(104)107(114)66-82(11)91-53-55-92(56-54-91)102-35-20-25-76(102)5)97-52-47-88(68-97)28-21-27-87-46-50-90(80(9)64-87)32-22-29-86-30-23-33-96(67-86)111-98-57-58-99(111)70-100(69-98)103-71-95(49-40-79(103)8)105-61-74(3)37-48-93(105)51-45-85-41-43-89(44-42-85)65-81(10)94(31-19-18-26-83(12)113)72-109(116)112(59-24-60-112)108(115)36-17-15-14-16-34-101-77(6)38-39-78(101)7/h20,23,25,30,33,37-44,47-49,53-56,61,67-68,71,73,75,80,82,87,90,94,98-101,104,106,110-111H,6-7,10,13-19,21-22,24,26-29,31-32,34-36,45-46,50-52,57-60,62-66,69-70,72H2,1-5,8-9,11-12H3/t75-,80+,82+,87?,90?,94+,98?,99?,100?,104?,106+,110-,111?/m0/s1. The normalized spacial score (nSPS) is 24.4. The van der Waals surface area contributed by atoms with E-state index in [0.717, 1.165) is 143 Å². The highest BCUT2D eigenvalue weighted by atomic mass is 16.2. The summed E-state index contributed by atoms with van der Waals surface area (Å²) in [5.41, 5.74) is 26.4. The van der Waals surface area contributed by atoms with E-state index in [4.69, 9.17) is 6.58 Å². The largest absolute Gasteiger partial charge is 0.300 e. The monoisotopic (exact) mass is 1550 g/mol. The van der Waals surface area contributed by atoms with Gasteiger partial charge in [0.25, 0.3) is 0 Å². The van der Waals surface area contributed by atoms with Crippen LogP contribution in [-0.2, 0) is 44.9 Å². The molecule has 0 amide bonds. The topological polar surface area (TPSA) is 68.3 Å². The number of hydrogen-bond acceptors (Lipinski definition) is 4. The Bertz CT molecular complexity index is 4470. The van der Waals surface area contributed by atoms with E-state index >= 15 is 0 Å². The molecule has 116 heavy (non-hydrogen) atoms. The summed E-state index contributed by atoms with van der Waals surface area (Å²) < 4.78 is 0. The van der Waals surface area contributed by atoms with E-state index in [0.29, 0.717) is 86.2 Å². The van der Waals surface area contributed by atoms with Gasteiger partial charge >= 0.3 is 0 Å². The van der Waals surface area contributed by atoms with Crippen LogP contribution in [0.4, 0.5) is 0 Å². The van der Waals surface area contributed by atoms with Gasteiger partial charge in [0.2, 0.25) is 0 Å². The van der Waals surface area contributed by atoms with Gasteiger partial charge in [-0.25, -0.2) is 0 Å². The first kappa shape index (κ1) is 86.3. The highest BCUT2D eigenvalue weighted by Crippen LogP contribution is 2.58. The molecule has 11 atom stereocenters. The number of aryl methyl sites for hydroxylation is 5. The first-order chi connectivity index (χ1) is 55.9. The van der Waals surface area contributed by atoms with Crippen LogP contribution in [0.25, 0.3) is 16.7 Å². The van der Waals surface area contributed by atoms with Crippen LogP contribution < -0.4 is 0 Å². The van der Waals surface area contributed by atoms with Crippen molar-refractivity contribution in [2.75, 3.05) is 0 Å². The Morgan fingerprint density at radius 2 is 1.32 bits per heavy atom. The third-order valence-electron chi connectivity index (χ3n) is 30.7. The van der Waals surface area contributed by atoms with E-state index in [1.165, 1.54) is 161 Å². The van der Waals surface area contributed by atoms with Gasteiger partial charge in [-0.05, 0) is 336 Å². The molecule has 0 saturated heterocycles. The van der Waals surface area contributed by atoms with Gasteiger partial charge < -0.3 is 4.79 Å². The summed E-state index contributed by atoms with van der Waals surface area (Å²) in [5.74, 6) is 8.34. The number of fused-ring (bicyclic) bond motifs is 2. The van der Waals surface area contributed by atoms with E-state index < -0.39 is 5.41 Å². The molecule has 5 aromatic carbocycles. The molecule has 4 heteroatoms. The van der Waals surface area contributed by atoms with Gasteiger partial charge in [0.1, 0.15) is 23.1 Å². The van der Waals surface area contributed by atoms with E-state index in [2.05, 4.69) is 221 Å². The third kappa shape index (κ3) is 21.3. The number of ketones is 4. The molecule has 0 radical (unpaired) electrons. The SMILES string of the molecule is C=C1C=CC(=C)C1CCCCCCC(=O)C1(C(=O)C[C@@H](CCCCC(C)=O)C(=C)Cc2ccc(CCc3ccc(C)cc3-c3ccc(C)c(C4CC5CCC(C4)C5c4cccc(CCCC5CCC(CCCC6=CCC([C@H](C(=C)C7C[C@H](C)C[C@H]7C(=O)C[C@@H](C)c7ccc(C8=C(C)C=CC8)cc7)C(C)C)=C6)C[C@H]5C)c4)c3)cc2)CCC1. The predicted octanol–water partition coefficient (Wildman–Crippen LogP) is 29.4. The molecule has 5 saturated carbocycles. The molecule has 5 fully saturated rings. The van der Waals surface area contributed by atoms with Gasteiger partial charge in [0.05, 0.1) is 5.41 Å². The number of Topliss-reactive ketones (excluding diaryl/α,β-unsaturated/α-hetero) is 4. The Balaban J connectivity index is 0.544. The zero-order valence-corrected chi connectivity index (χ0v) is 73.2. The smallest absolute Gasteiger partial charge is 0.147 e. The van der Waals surface area contributed by atoms with Crippen LogP contribution in [0, 0.1) is 90.3 Å². The second-order valence-corrected chi connectivity index (χ2v) is 39.5. The maximum Gasteiger partial charge on any atom is 0.147 e. The van der Waals surface area contributed by atoms with Crippen LogP contribution in [0.5, 0.6) is 0 Å². The van der Waals surface area contributed by atoms with Crippen molar-refractivity contribution >= 4 is 28.7 Å². The molecule has 0 heterocycles. The number of carbonyl (C=O) groups is 4. The number of carbonyl (C=O) groups excluding carboxylic acids is 4. The van der Waals surface area contributed by atoms with Crippen molar-refractivity contribution in [3.8, 4) is 11.1 Å². The molecule has 0 aromatic heterocycles. The average molecular weight is 1550 g/mol. The van der Waals surface area contributed by atoms with Crippen molar-refractivity contribution in [1.29, 1.82) is 0 Å². The highest BCUT2D eigenvalue weighted by molar-refractivity contribution is 6.08. The molecular formula is C112H144O4. The summed E-state index contributed by atoms with van der Waals surface area (Å²) in [6.07, 6.45) is 49.4. The third-order valence-corrected chi connectivity index (χ3v) is 30.7. The van der Waals surface area contributed by atoms with Gasteiger partial charge in [0, 0.05) is 43.4 Å². The minimum atomic E-state index is -0.829. The van der Waals surface area contributed by atoms with Crippen LogP contribution in [0.3, 0.4) is 0 Å². The molecule has 0 N–H and O–H groups in total. The van der Waals surface area contributed by atoms with Gasteiger partial charge in [-0.15, -0.1) is 0 Å². The molecular weight excluding hydrogens is 1410 g/mol. The molecule has 13 rings (SSSR count). The molecule has 0 aliphatic heterocycles. The van der Waals surface area contributed by atoms with E-state index in [-0.39, 0.29) is 41.0 Å². The fourth-order valence-electron chi connectivity index (χ4n) is 23.7. The Kier molecular flexibility index (Phi) is 29.8. The summed E-state index contributed by atoms with van der Waals surface area (Å²) in [6, 6.07) is 42.6. The summed E-state index contributed by atoms with van der Waals surface area (Å²) in [5, 5.41) is 0. The van der Waals surface area contributed by atoms with Gasteiger partial charge in [-0.3, -0.25) is 14.4 Å². The van der Waals surface area contributed by atoms with Crippen LogP contribution in [0.1, 0.15) is 321 Å². The van der Waals surface area contributed by atoms with E-state index in [9.17, 15) is 19.2 Å². The zero-order valence-electron chi connectivity index (χ0n) is 73.2. The lowest BCUT2D eigenvalue weighted by molar-refractivity contribution is -0.147. The lowest BCUT2D eigenvalue weighted by Gasteiger charge is -2.40. The van der Waals surface area contributed by atoms with Crippen molar-refractivity contribution in [2.45, 2.75) is 305 Å². The fraction of sp³-hybridized carbons (Fsp3) is 0.536. The maximum absolute atomic E-state index is 14.4. The van der Waals surface area contributed by atoms with Crippen molar-refractivity contribution < 1.29 is 19.2 Å². The van der Waals surface area contributed by atoms with Crippen LogP contribution in [0.2, 0.25) is 0 Å².